The summed E-state index contributed by atoms with van der Waals surface area (Å²) < 4.78 is 25.0. The lowest BCUT2D eigenvalue weighted by Gasteiger charge is -2.14. The molecule has 0 saturated carbocycles. The van der Waals surface area contributed by atoms with Crippen molar-refractivity contribution in [3.05, 3.63) is 15.4 Å². The smallest absolute Gasteiger partial charge is 0.305 e. The van der Waals surface area contributed by atoms with E-state index in [0.29, 0.717) is 17.0 Å². The molecule has 0 fully saturated rings. The van der Waals surface area contributed by atoms with E-state index in [-0.39, 0.29) is 22.2 Å². The highest BCUT2D eigenvalue weighted by Crippen LogP contribution is 2.19. The van der Waals surface area contributed by atoms with Gasteiger partial charge in [-0.25, -0.2) is 8.42 Å². The summed E-state index contributed by atoms with van der Waals surface area (Å²) in [6.07, 6.45) is 0. The highest BCUT2D eigenvalue weighted by atomic mass is 32.2. The van der Waals surface area contributed by atoms with Crippen molar-refractivity contribution in [2.75, 3.05) is 20.1 Å². The molecule has 1 aromatic rings. The van der Waals surface area contributed by atoms with E-state index < -0.39 is 10.0 Å². The number of rotatable bonds is 4. The number of nitrogens with one attached hydrogen (secondary N) is 1. The van der Waals surface area contributed by atoms with Gasteiger partial charge in [-0.1, -0.05) is 11.3 Å². The normalized spacial score (nSPS) is 12.3. The number of aryl methyl sites for hydroxylation is 1. The molecule has 0 bridgehead atoms. The molecule has 0 spiro atoms. The monoisotopic (exact) mass is 251 g/mol. The molecule has 0 aliphatic heterocycles. The second kappa shape index (κ2) is 4.44. The Bertz CT molecular complexity index is 488. The third-order valence-electron chi connectivity index (χ3n) is 1.87. The van der Waals surface area contributed by atoms with Gasteiger partial charge in [-0.15, -0.1) is 0 Å². The Morgan fingerprint density at radius 3 is 2.53 bits per heavy atom. The van der Waals surface area contributed by atoms with Crippen LogP contribution in [0.1, 0.15) is 5.69 Å². The van der Waals surface area contributed by atoms with Gasteiger partial charge in [0.15, 0.2) is 4.21 Å². The van der Waals surface area contributed by atoms with E-state index in [1.54, 1.807) is 6.92 Å². The molecule has 15 heavy (non-hydrogen) atoms. The summed E-state index contributed by atoms with van der Waals surface area (Å²) in [5.74, 6) is 0. The first-order valence-electron chi connectivity index (χ1n) is 4.25. The summed E-state index contributed by atoms with van der Waals surface area (Å²) in [6, 6.07) is 0. The fourth-order valence-electron chi connectivity index (χ4n) is 1.08. The molecule has 1 rings (SSSR count). The number of sulfonamides is 1. The summed E-state index contributed by atoms with van der Waals surface area (Å²) in [7, 11) is -2.13. The Kier molecular flexibility index (Phi) is 3.66. The van der Waals surface area contributed by atoms with Gasteiger partial charge in [0.1, 0.15) is 0 Å². The van der Waals surface area contributed by atoms with Crippen molar-refractivity contribution in [1.29, 1.82) is 0 Å². The molecule has 3 N–H and O–H groups in total. The molecule has 0 aliphatic carbocycles. The number of H-pyrrole nitrogens is 1. The van der Waals surface area contributed by atoms with E-state index in [0.717, 1.165) is 4.31 Å². The number of likely N-dealkylation sites (N-methyl/N-ethyl adjacent to an activating group) is 1. The van der Waals surface area contributed by atoms with Crippen molar-refractivity contribution in [2.45, 2.75) is 11.1 Å². The SMILES string of the molecule is Cc1[nH]c(=O)sc1S(=O)(=O)N(C)CCN. The third-order valence-corrected chi connectivity index (χ3v) is 5.31. The van der Waals surface area contributed by atoms with Gasteiger partial charge in [-0.2, -0.15) is 4.31 Å². The summed E-state index contributed by atoms with van der Waals surface area (Å²) >= 11 is 0.694. The first kappa shape index (κ1) is 12.4. The van der Waals surface area contributed by atoms with E-state index >= 15 is 0 Å². The van der Waals surface area contributed by atoms with Crippen molar-refractivity contribution in [1.82, 2.24) is 9.29 Å². The van der Waals surface area contributed by atoms with E-state index in [1.807, 2.05) is 0 Å². The lowest BCUT2D eigenvalue weighted by Crippen LogP contribution is -2.31. The van der Waals surface area contributed by atoms with Crippen LogP contribution in [0.25, 0.3) is 0 Å². The molecule has 0 aromatic carbocycles. The molecule has 0 amide bonds. The minimum atomic E-state index is -3.57. The third kappa shape index (κ3) is 2.46. The van der Waals surface area contributed by atoms with Crippen LogP contribution in [0.3, 0.4) is 0 Å². The standard InChI is InChI=1S/C7H13N3O3S2/c1-5-6(14-7(11)9-5)15(12,13)10(2)4-3-8/h3-4,8H2,1-2H3,(H,9,11). The number of thiazole rings is 1. The maximum atomic E-state index is 11.9. The summed E-state index contributed by atoms with van der Waals surface area (Å²) in [5.41, 5.74) is 5.64. The maximum Gasteiger partial charge on any atom is 0.305 e. The molecule has 1 aromatic heterocycles. The predicted molar refractivity (Wildman–Crippen MR) is 58.5 cm³/mol. The molecule has 8 heteroatoms. The molecular formula is C7H13N3O3S2. The Morgan fingerprint density at radius 2 is 2.13 bits per heavy atom. The largest absolute Gasteiger partial charge is 0.329 e. The van der Waals surface area contributed by atoms with Crippen molar-refractivity contribution in [2.24, 2.45) is 5.73 Å². The Balaban J connectivity index is 3.17. The van der Waals surface area contributed by atoms with Crippen molar-refractivity contribution < 1.29 is 8.42 Å². The highest BCUT2D eigenvalue weighted by molar-refractivity contribution is 7.91. The van der Waals surface area contributed by atoms with Gasteiger partial charge in [0, 0.05) is 25.8 Å². The van der Waals surface area contributed by atoms with E-state index in [4.69, 9.17) is 5.73 Å². The minimum absolute atomic E-state index is 0.0588. The van der Waals surface area contributed by atoms with Gasteiger partial charge < -0.3 is 10.7 Å². The van der Waals surface area contributed by atoms with E-state index in [2.05, 4.69) is 4.98 Å². The zero-order chi connectivity index (χ0) is 11.6. The Morgan fingerprint density at radius 1 is 1.53 bits per heavy atom. The number of aromatic nitrogens is 1. The fraction of sp³-hybridized carbons (Fsp3) is 0.571. The first-order valence-corrected chi connectivity index (χ1v) is 6.51. The average Bonchev–Trinajstić information content (AvgIpc) is 2.46. The molecule has 1 heterocycles. The molecule has 0 unspecified atom stereocenters. The van der Waals surface area contributed by atoms with Crippen molar-refractivity contribution in [3.8, 4) is 0 Å². The van der Waals surface area contributed by atoms with Crippen LogP contribution < -0.4 is 10.6 Å². The van der Waals surface area contributed by atoms with Gasteiger partial charge in [0.25, 0.3) is 10.0 Å². The Labute approximate surface area is 91.8 Å². The molecule has 0 saturated heterocycles. The molecular weight excluding hydrogens is 238 g/mol. The Hall–Kier alpha value is -0.700. The number of nitrogens with two attached hydrogens (primary N) is 1. The predicted octanol–water partition coefficient (Wildman–Crippen LogP) is -0.676. The van der Waals surface area contributed by atoms with Gasteiger partial charge in [0.05, 0.1) is 0 Å². The number of hydrogen-bond acceptors (Lipinski definition) is 5. The zero-order valence-electron chi connectivity index (χ0n) is 8.48. The van der Waals surface area contributed by atoms with Crippen LogP contribution in [0.2, 0.25) is 0 Å². The quantitative estimate of drug-likeness (QED) is 0.741. The number of hydrogen-bond donors (Lipinski definition) is 2. The number of aromatic amines is 1. The lowest BCUT2D eigenvalue weighted by atomic mass is 10.6. The summed E-state index contributed by atoms with van der Waals surface area (Å²) in [5, 5.41) is 0. The molecule has 86 valence electrons. The fourth-order valence-corrected chi connectivity index (χ4v) is 3.75. The van der Waals surface area contributed by atoms with Gasteiger partial charge >= 0.3 is 4.87 Å². The highest BCUT2D eigenvalue weighted by Gasteiger charge is 2.24. The van der Waals surface area contributed by atoms with Crippen molar-refractivity contribution in [3.63, 3.8) is 0 Å². The minimum Gasteiger partial charge on any atom is -0.329 e. The molecule has 0 radical (unpaired) electrons. The van der Waals surface area contributed by atoms with Crippen molar-refractivity contribution >= 4 is 21.4 Å². The van der Waals surface area contributed by atoms with Crippen LogP contribution in [0.5, 0.6) is 0 Å². The van der Waals surface area contributed by atoms with Gasteiger partial charge in [0.2, 0.25) is 0 Å². The zero-order valence-corrected chi connectivity index (χ0v) is 10.1. The first-order chi connectivity index (χ1) is 6.89. The second-order valence-corrected chi connectivity index (χ2v) is 6.27. The van der Waals surface area contributed by atoms with Gasteiger partial charge in [-0.3, -0.25) is 4.79 Å². The second-order valence-electron chi connectivity index (χ2n) is 3.04. The molecule has 0 atom stereocenters. The summed E-state index contributed by atoms with van der Waals surface area (Å²) in [4.78, 5) is 13.1. The van der Waals surface area contributed by atoms with Crippen LogP contribution in [-0.4, -0.2) is 37.8 Å². The molecule has 0 aliphatic rings. The lowest BCUT2D eigenvalue weighted by molar-refractivity contribution is 0.478. The van der Waals surface area contributed by atoms with E-state index in [9.17, 15) is 13.2 Å². The summed E-state index contributed by atoms with van der Waals surface area (Å²) in [6.45, 7) is 2.03. The van der Waals surface area contributed by atoms with E-state index in [1.165, 1.54) is 7.05 Å². The van der Waals surface area contributed by atoms with Gasteiger partial charge in [-0.05, 0) is 6.92 Å². The van der Waals surface area contributed by atoms with Crippen LogP contribution in [-0.2, 0) is 10.0 Å². The van der Waals surface area contributed by atoms with Crippen LogP contribution >= 0.6 is 11.3 Å². The number of nitrogens with zero attached hydrogens (tertiary/aromatic N) is 1. The average molecular weight is 251 g/mol. The van der Waals surface area contributed by atoms with Crippen LogP contribution in [0, 0.1) is 6.92 Å². The van der Waals surface area contributed by atoms with Crippen LogP contribution in [0.15, 0.2) is 9.00 Å². The molecule has 6 nitrogen and oxygen atoms in total. The maximum absolute atomic E-state index is 11.9. The van der Waals surface area contributed by atoms with Crippen LogP contribution in [0.4, 0.5) is 0 Å². The topological polar surface area (TPSA) is 96.3 Å².